The number of aliphatic hydroxyl groups is 2. The highest BCUT2D eigenvalue weighted by Crippen LogP contribution is 2.42. The second kappa shape index (κ2) is 17.5. The molecule has 12 heteroatoms. The van der Waals surface area contributed by atoms with Gasteiger partial charge in [-0.3, -0.25) is 9.32 Å². The van der Waals surface area contributed by atoms with Gasteiger partial charge in [0.05, 0.1) is 12.0 Å². The van der Waals surface area contributed by atoms with Gasteiger partial charge in [0.25, 0.3) is 0 Å². The normalized spacial score (nSPS) is 28.3. The number of carbonyl (C=O) groups is 2. The van der Waals surface area contributed by atoms with Gasteiger partial charge in [-0.15, -0.1) is 0 Å². The molecule has 2 aliphatic carbocycles. The Morgan fingerprint density at radius 2 is 1.91 bits per heavy atom. The number of allylic oxidation sites excluding steroid dienone is 3. The smallest absolute Gasteiger partial charge is 0.462 e. The van der Waals surface area contributed by atoms with Crippen LogP contribution in [0.4, 0.5) is 0 Å². The molecule has 11 nitrogen and oxygen atoms in total. The summed E-state index contributed by atoms with van der Waals surface area (Å²) in [6.45, 7) is 1.87. The van der Waals surface area contributed by atoms with Crippen molar-refractivity contribution in [3.05, 3.63) is 48.6 Å². The van der Waals surface area contributed by atoms with Crippen molar-refractivity contribution in [1.29, 1.82) is 0 Å². The van der Waals surface area contributed by atoms with Crippen LogP contribution in [0.15, 0.2) is 48.6 Å². The molecule has 0 saturated heterocycles. The number of phosphoric acid groups is 1. The monoisotopic (exact) mass is 639 g/mol. The van der Waals surface area contributed by atoms with Crippen molar-refractivity contribution in [2.24, 2.45) is 23.5 Å². The van der Waals surface area contributed by atoms with Crippen molar-refractivity contribution in [2.75, 3.05) is 6.54 Å². The van der Waals surface area contributed by atoms with Crippen molar-refractivity contribution in [3.63, 3.8) is 0 Å². The predicted octanol–water partition coefficient (Wildman–Crippen LogP) is 4.15. The largest absolute Gasteiger partial charge is 0.469 e. The molecule has 0 spiro atoms. The Labute approximate surface area is 260 Å². The number of phosphoric ester groups is 1. The van der Waals surface area contributed by atoms with E-state index in [4.69, 9.17) is 19.7 Å². The van der Waals surface area contributed by atoms with E-state index in [1.807, 2.05) is 13.0 Å². The molecule has 0 aromatic carbocycles. The lowest BCUT2D eigenvalue weighted by Crippen LogP contribution is -2.45. The Bertz CT molecular complexity index is 1090. The number of rotatable bonds is 15. The molecule has 0 radical (unpaired) electrons. The fourth-order valence-electron chi connectivity index (χ4n) is 6.24. The van der Waals surface area contributed by atoms with Gasteiger partial charge in [0, 0.05) is 18.4 Å². The summed E-state index contributed by atoms with van der Waals surface area (Å²) in [5.41, 5.74) is 3.75. The summed E-state index contributed by atoms with van der Waals surface area (Å²) >= 11 is 0. The number of hydrogen-bond donors (Lipinski definition) is 5. The van der Waals surface area contributed by atoms with Gasteiger partial charge >= 0.3 is 19.8 Å². The summed E-state index contributed by atoms with van der Waals surface area (Å²) in [5, 5.41) is 22.2. The van der Waals surface area contributed by atoms with Crippen LogP contribution in [0.3, 0.4) is 0 Å². The molecule has 44 heavy (non-hydrogen) atoms. The highest BCUT2D eigenvalue weighted by Gasteiger charge is 2.40. The first-order valence-electron chi connectivity index (χ1n) is 15.9. The first kappa shape index (κ1) is 36.4. The van der Waals surface area contributed by atoms with E-state index in [0.29, 0.717) is 6.42 Å². The Morgan fingerprint density at radius 1 is 1.16 bits per heavy atom. The first-order valence-corrected chi connectivity index (χ1v) is 17.4. The summed E-state index contributed by atoms with van der Waals surface area (Å²) < 4.78 is 28.0. The summed E-state index contributed by atoms with van der Waals surface area (Å²) in [6.07, 6.45) is 18.0. The van der Waals surface area contributed by atoms with Crippen LogP contribution < -0.4 is 5.73 Å². The van der Waals surface area contributed by atoms with E-state index >= 15 is 0 Å². The van der Waals surface area contributed by atoms with Crippen LogP contribution in [0.5, 0.6) is 0 Å². The minimum Gasteiger partial charge on any atom is -0.462 e. The third-order valence-corrected chi connectivity index (χ3v) is 9.27. The molecular formula is C32H50NO10P. The van der Waals surface area contributed by atoms with Crippen molar-refractivity contribution >= 4 is 19.8 Å². The molecule has 3 aliphatic rings. The lowest BCUT2D eigenvalue weighted by molar-refractivity contribution is -0.157. The van der Waals surface area contributed by atoms with E-state index in [-0.39, 0.29) is 49.2 Å². The Balaban J connectivity index is 1.61. The third-order valence-electron chi connectivity index (χ3n) is 8.74. The average Bonchev–Trinajstić information content (AvgIpc) is 2.98. The zero-order chi connectivity index (χ0) is 32.2. The van der Waals surface area contributed by atoms with Crippen molar-refractivity contribution in [1.82, 2.24) is 0 Å². The fraction of sp³-hybridized carbons (Fsp3) is 0.688. The van der Waals surface area contributed by atoms with Gasteiger partial charge in [-0.1, -0.05) is 62.6 Å². The third kappa shape index (κ3) is 12.0. The zero-order valence-corrected chi connectivity index (χ0v) is 26.5. The van der Waals surface area contributed by atoms with Gasteiger partial charge in [-0.25, -0.2) is 9.36 Å². The van der Waals surface area contributed by atoms with E-state index in [9.17, 15) is 34.2 Å². The summed E-state index contributed by atoms with van der Waals surface area (Å²) in [5.74, 6) is -0.504. The van der Waals surface area contributed by atoms with Crippen LogP contribution in [0.1, 0.15) is 84.0 Å². The van der Waals surface area contributed by atoms with Gasteiger partial charge in [-0.05, 0) is 69.9 Å². The fourth-order valence-corrected chi connectivity index (χ4v) is 6.84. The lowest BCUT2D eigenvalue weighted by Gasteiger charge is -2.35. The molecule has 248 valence electrons. The molecule has 0 aromatic heterocycles. The van der Waals surface area contributed by atoms with E-state index in [1.54, 1.807) is 18.2 Å². The molecule has 6 N–H and O–H groups in total. The predicted molar refractivity (Wildman–Crippen MR) is 165 cm³/mol. The van der Waals surface area contributed by atoms with E-state index in [1.165, 1.54) is 30.7 Å². The van der Waals surface area contributed by atoms with Crippen LogP contribution in [0, 0.1) is 17.8 Å². The molecular weight excluding hydrogens is 589 g/mol. The molecule has 1 heterocycles. The van der Waals surface area contributed by atoms with Gasteiger partial charge in [-0.2, -0.15) is 0 Å². The van der Waals surface area contributed by atoms with Crippen molar-refractivity contribution in [2.45, 2.75) is 114 Å². The second-order valence-electron chi connectivity index (χ2n) is 12.2. The molecule has 2 saturated carbocycles. The van der Waals surface area contributed by atoms with E-state index in [2.05, 4.69) is 0 Å². The van der Waals surface area contributed by atoms with Gasteiger partial charge < -0.3 is 35.2 Å². The minimum atomic E-state index is -5.07. The molecule has 7 atom stereocenters. The van der Waals surface area contributed by atoms with Crippen molar-refractivity contribution < 1.29 is 48.2 Å². The summed E-state index contributed by atoms with van der Waals surface area (Å²) in [6, 6.07) is 0. The molecule has 1 aliphatic heterocycles. The maximum Gasteiger partial charge on any atom is 0.469 e. The topological polar surface area (TPSA) is 186 Å². The molecule has 3 rings (SSSR count). The molecule has 0 bridgehead atoms. The second-order valence-corrected chi connectivity index (χ2v) is 13.4. The standard InChI is InChI=1S/C32H50NO10P/c1-2-24-15-16-30(35)42-28(24)17-18-32(37,19-20-33)29(43-44(38,39)40)22-26(34)13-7-6-9-23-10-8-14-27(21-23)41-31(36)25-11-4-3-5-12-25/h6-7,9,13,15-18,23-29,34,37H,2-5,8,10-12,14,19-22,33H2,1H3,(H2,38,39,40)/b9-6-,13-7-,18-17+. The van der Waals surface area contributed by atoms with Crippen molar-refractivity contribution in [3.8, 4) is 0 Å². The van der Waals surface area contributed by atoms with Crippen LogP contribution in [0.25, 0.3) is 0 Å². The number of aliphatic hydroxyl groups excluding tert-OH is 1. The van der Waals surface area contributed by atoms with Gasteiger partial charge in [0.2, 0.25) is 0 Å². The maximum absolute atomic E-state index is 12.6. The van der Waals surface area contributed by atoms with E-state index in [0.717, 1.165) is 51.4 Å². The Morgan fingerprint density at radius 3 is 2.59 bits per heavy atom. The molecule has 0 aromatic rings. The molecule has 2 fully saturated rings. The number of hydrogen-bond acceptors (Lipinski definition) is 9. The van der Waals surface area contributed by atoms with Gasteiger partial charge in [0.15, 0.2) is 0 Å². The number of carbonyl (C=O) groups excluding carboxylic acids is 2. The minimum absolute atomic E-state index is 0.0238. The summed E-state index contributed by atoms with van der Waals surface area (Å²) in [4.78, 5) is 43.5. The number of cyclic esters (lactones) is 1. The Kier molecular flexibility index (Phi) is 14.5. The van der Waals surface area contributed by atoms with Gasteiger partial charge in [0.1, 0.15) is 23.9 Å². The first-order chi connectivity index (χ1) is 20.9. The van der Waals surface area contributed by atoms with Crippen LogP contribution in [0.2, 0.25) is 0 Å². The number of ether oxygens (including phenoxy) is 2. The molecule has 7 unspecified atom stereocenters. The number of nitrogens with two attached hydrogens (primary N) is 1. The lowest BCUT2D eigenvalue weighted by atomic mass is 9.86. The summed E-state index contributed by atoms with van der Waals surface area (Å²) in [7, 11) is -5.07. The number of esters is 2. The van der Waals surface area contributed by atoms with Crippen LogP contribution >= 0.6 is 7.82 Å². The van der Waals surface area contributed by atoms with E-state index < -0.39 is 37.7 Å². The van der Waals surface area contributed by atoms with Crippen LogP contribution in [-0.2, 0) is 28.2 Å². The Hall–Kier alpha value is -2.11. The quantitative estimate of drug-likeness (QED) is 0.0750. The maximum atomic E-state index is 12.6. The van der Waals surface area contributed by atoms with Crippen LogP contribution in [-0.4, -0.2) is 68.5 Å². The highest BCUT2D eigenvalue weighted by atomic mass is 31.2. The SMILES string of the molecule is CCC1C=CC(=O)OC1/C=C/C(O)(CCN)C(CC(O)/C=C\C=C/C1CCCC(OC(=O)C2CCCCC2)C1)OP(=O)(O)O. The highest BCUT2D eigenvalue weighted by molar-refractivity contribution is 7.46. The molecule has 0 amide bonds. The average molecular weight is 640 g/mol. The zero-order valence-electron chi connectivity index (χ0n) is 25.6.